The van der Waals surface area contributed by atoms with Crippen molar-refractivity contribution >= 4 is 0 Å². The molecule has 0 heterocycles. The van der Waals surface area contributed by atoms with Crippen molar-refractivity contribution in [2.75, 3.05) is 0 Å². The number of hydrogen-bond acceptors (Lipinski definition) is 0. The highest BCUT2D eigenvalue weighted by Gasteiger charge is 2.49. The van der Waals surface area contributed by atoms with Crippen LogP contribution in [0.5, 0.6) is 0 Å². The van der Waals surface area contributed by atoms with Crippen LogP contribution in [0.4, 0.5) is 52.7 Å². The fraction of sp³-hybridized carbons (Fsp3) is 1.00. The van der Waals surface area contributed by atoms with Crippen LogP contribution in [0.3, 0.4) is 0 Å². The molecule has 12 atom stereocenters. The molecule has 12 heteroatoms. The Hall–Kier alpha value is -0.840. The largest absolute Gasteiger partial charge is 0.392 e. The minimum Gasteiger partial charge on any atom is -0.171 e. The van der Waals surface area contributed by atoms with Gasteiger partial charge in [-0.25, -0.2) is 0 Å². The molecule has 4 saturated carbocycles. The SMILES string of the molecule is CC1CC(C(F)(F)F)C[C@@H](C)C1.CC1CCC(C(F)(F)F)[C@@H]1C.CC1CCCC(C(F)(F)F)[C@@H]1C.CC1C[C@H](C)CC1C(F)(F)F. The predicted octanol–water partition coefficient (Wildman–Crippen LogP) is 13.7. The molecule has 0 nitrogen and oxygen atoms in total. The summed E-state index contributed by atoms with van der Waals surface area (Å²) in [6.07, 6.45) is -10.2. The van der Waals surface area contributed by atoms with Gasteiger partial charge in [-0.3, -0.25) is 0 Å². The van der Waals surface area contributed by atoms with Gasteiger partial charge in [0.25, 0.3) is 0 Å². The summed E-state index contributed by atoms with van der Waals surface area (Å²) < 4.78 is 147. The van der Waals surface area contributed by atoms with E-state index in [1.165, 1.54) is 0 Å². The molecule has 0 aromatic rings. The van der Waals surface area contributed by atoms with Crippen LogP contribution in [0, 0.1) is 71.0 Å². The number of hydrogen-bond donors (Lipinski definition) is 0. The van der Waals surface area contributed by atoms with Gasteiger partial charge in [0.2, 0.25) is 0 Å². The Bertz CT molecular complexity index is 836. The van der Waals surface area contributed by atoms with E-state index in [0.29, 0.717) is 32.1 Å². The van der Waals surface area contributed by atoms with Gasteiger partial charge in [-0.1, -0.05) is 68.2 Å². The van der Waals surface area contributed by atoms with Crippen LogP contribution in [0.1, 0.15) is 120 Å². The Kier molecular flexibility index (Phi) is 16.1. The van der Waals surface area contributed by atoms with Crippen LogP contribution >= 0.6 is 0 Å². The lowest BCUT2D eigenvalue weighted by Gasteiger charge is -2.35. The monoisotopic (exact) mass is 692 g/mol. The molecule has 4 aliphatic rings. The Morgan fingerprint density at radius 3 is 1.02 bits per heavy atom. The van der Waals surface area contributed by atoms with E-state index in [1.54, 1.807) is 20.8 Å². The summed E-state index contributed by atoms with van der Waals surface area (Å²) in [5.74, 6) is -3.56. The van der Waals surface area contributed by atoms with Crippen molar-refractivity contribution in [2.24, 2.45) is 71.0 Å². The van der Waals surface area contributed by atoms with E-state index in [0.717, 1.165) is 32.1 Å². The molecule has 0 N–H and O–H groups in total. The third-order valence-electron chi connectivity index (χ3n) is 11.2. The van der Waals surface area contributed by atoms with Gasteiger partial charge in [0, 0.05) is 0 Å². The van der Waals surface area contributed by atoms with Crippen LogP contribution in [0.2, 0.25) is 0 Å². The first-order chi connectivity index (χ1) is 20.7. The molecule has 276 valence electrons. The summed E-state index contributed by atoms with van der Waals surface area (Å²) in [6.45, 7) is 14.7. The summed E-state index contributed by atoms with van der Waals surface area (Å²) in [5, 5.41) is 0. The molecule has 4 fully saturated rings. The Balaban J connectivity index is 0.000000307. The lowest BCUT2D eigenvalue weighted by atomic mass is 9.73. The molecule has 0 spiro atoms. The molecule has 0 bridgehead atoms. The van der Waals surface area contributed by atoms with Crippen molar-refractivity contribution < 1.29 is 52.7 Å². The first-order valence-corrected chi connectivity index (χ1v) is 16.9. The number of rotatable bonds is 0. The molecule has 0 aromatic carbocycles. The predicted molar refractivity (Wildman–Crippen MR) is 158 cm³/mol. The maximum atomic E-state index is 12.4. The minimum atomic E-state index is -3.98. The summed E-state index contributed by atoms with van der Waals surface area (Å²) in [7, 11) is 0. The Morgan fingerprint density at radius 1 is 0.348 bits per heavy atom. The van der Waals surface area contributed by atoms with Gasteiger partial charge < -0.3 is 0 Å². The molecular formula is C34H56F12. The van der Waals surface area contributed by atoms with Gasteiger partial charge in [-0.05, 0) is 98.7 Å². The second-order valence-electron chi connectivity index (χ2n) is 15.3. The lowest BCUT2D eigenvalue weighted by Crippen LogP contribution is -2.35. The van der Waals surface area contributed by atoms with E-state index in [-0.39, 0.29) is 47.3 Å². The molecule has 8 unspecified atom stereocenters. The highest BCUT2D eigenvalue weighted by molar-refractivity contribution is 4.85. The van der Waals surface area contributed by atoms with Gasteiger partial charge in [-0.15, -0.1) is 0 Å². The van der Waals surface area contributed by atoms with Crippen molar-refractivity contribution in [3.05, 3.63) is 0 Å². The molecule has 0 aromatic heterocycles. The fourth-order valence-electron chi connectivity index (χ4n) is 8.10. The van der Waals surface area contributed by atoms with E-state index >= 15 is 0 Å². The smallest absolute Gasteiger partial charge is 0.171 e. The van der Waals surface area contributed by atoms with Crippen LogP contribution in [0.15, 0.2) is 0 Å². The molecule has 0 saturated heterocycles. The van der Waals surface area contributed by atoms with Gasteiger partial charge in [0.15, 0.2) is 0 Å². The van der Waals surface area contributed by atoms with Gasteiger partial charge >= 0.3 is 24.7 Å². The van der Waals surface area contributed by atoms with Crippen molar-refractivity contribution in [3.8, 4) is 0 Å². The zero-order chi connectivity index (χ0) is 36.0. The van der Waals surface area contributed by atoms with Gasteiger partial charge in [0.05, 0.1) is 23.7 Å². The third kappa shape index (κ3) is 13.9. The standard InChI is InChI=1S/2C9H15F3.2C8H13F3/c1-6-3-7(2)5-8(4-6)9(10,11)12;1-6-4-3-5-8(7(6)2)9(10,11)12;1-5-3-6(2)7(4-5)8(9,10)11;1-5-3-4-7(6(5)2)8(9,10)11/h2*6-8H,3-5H2,1-2H3;2*5-7H,3-4H2,1-2H3/t6-,7?,8?;6?,7-,8?;5-,6?,7?;5?,6-,7?/m0101/s1. The molecule has 0 aliphatic heterocycles. The van der Waals surface area contributed by atoms with Crippen molar-refractivity contribution in [2.45, 2.75) is 144 Å². The molecular weight excluding hydrogens is 636 g/mol. The average Bonchev–Trinajstić information content (AvgIpc) is 3.40. The quantitative estimate of drug-likeness (QED) is 0.222. The first-order valence-electron chi connectivity index (χ1n) is 16.9. The maximum Gasteiger partial charge on any atom is 0.392 e. The Labute approximate surface area is 268 Å². The topological polar surface area (TPSA) is 0 Å². The highest BCUT2D eigenvalue weighted by atomic mass is 19.4. The van der Waals surface area contributed by atoms with Crippen LogP contribution in [-0.2, 0) is 0 Å². The van der Waals surface area contributed by atoms with E-state index in [4.69, 9.17) is 0 Å². The summed E-state index contributed by atoms with van der Waals surface area (Å²) in [6, 6.07) is 0. The van der Waals surface area contributed by atoms with Crippen molar-refractivity contribution in [1.82, 2.24) is 0 Å². The van der Waals surface area contributed by atoms with Crippen molar-refractivity contribution in [3.63, 3.8) is 0 Å². The normalized spacial score (nSPS) is 38.9. The number of alkyl halides is 12. The molecule has 0 radical (unpaired) electrons. The second-order valence-corrected chi connectivity index (χ2v) is 15.3. The molecule has 4 rings (SSSR count). The van der Waals surface area contributed by atoms with Crippen molar-refractivity contribution in [1.29, 1.82) is 0 Å². The Morgan fingerprint density at radius 2 is 0.739 bits per heavy atom. The first kappa shape index (κ1) is 43.2. The van der Waals surface area contributed by atoms with E-state index in [9.17, 15) is 52.7 Å². The fourth-order valence-corrected chi connectivity index (χ4v) is 8.10. The summed E-state index contributed by atoms with van der Waals surface area (Å²) in [4.78, 5) is 0. The van der Waals surface area contributed by atoms with E-state index in [1.807, 2.05) is 34.6 Å². The zero-order valence-electron chi connectivity index (χ0n) is 28.5. The molecule has 0 amide bonds. The summed E-state index contributed by atoms with van der Waals surface area (Å²) >= 11 is 0. The number of halogens is 12. The van der Waals surface area contributed by atoms with Gasteiger partial charge in [-0.2, -0.15) is 52.7 Å². The average molecular weight is 693 g/mol. The second kappa shape index (κ2) is 17.2. The van der Waals surface area contributed by atoms with Crippen LogP contribution in [-0.4, -0.2) is 24.7 Å². The van der Waals surface area contributed by atoms with E-state index in [2.05, 4.69) is 0 Å². The van der Waals surface area contributed by atoms with E-state index < -0.39 is 48.4 Å². The summed E-state index contributed by atoms with van der Waals surface area (Å²) in [5.41, 5.74) is 0. The zero-order valence-corrected chi connectivity index (χ0v) is 28.5. The van der Waals surface area contributed by atoms with Crippen LogP contribution < -0.4 is 0 Å². The third-order valence-corrected chi connectivity index (χ3v) is 11.2. The maximum absolute atomic E-state index is 12.4. The van der Waals surface area contributed by atoms with Crippen LogP contribution in [0.25, 0.3) is 0 Å². The highest BCUT2D eigenvalue weighted by Crippen LogP contribution is 2.47. The van der Waals surface area contributed by atoms with Gasteiger partial charge in [0.1, 0.15) is 0 Å². The molecule has 46 heavy (non-hydrogen) atoms. The lowest BCUT2D eigenvalue weighted by molar-refractivity contribution is -0.199. The molecule has 4 aliphatic carbocycles. The minimum absolute atomic E-state index is 0.176.